The van der Waals surface area contributed by atoms with Gasteiger partial charge in [0.2, 0.25) is 5.91 Å². The summed E-state index contributed by atoms with van der Waals surface area (Å²) in [6.45, 7) is 4.71. The molecule has 1 fully saturated rings. The maximum absolute atomic E-state index is 11.8. The first kappa shape index (κ1) is 13.5. The summed E-state index contributed by atoms with van der Waals surface area (Å²) in [7, 11) is 0. The van der Waals surface area contributed by atoms with Crippen LogP contribution in [0.3, 0.4) is 0 Å². The molecule has 1 rings (SSSR count). The van der Waals surface area contributed by atoms with Gasteiger partial charge in [-0.2, -0.15) is 0 Å². The molecule has 0 aromatic rings. The molecule has 0 unspecified atom stereocenters. The number of rotatable bonds is 7. The highest BCUT2D eigenvalue weighted by Gasteiger charge is 2.26. The lowest BCUT2D eigenvalue weighted by Crippen LogP contribution is -2.52. The Kier molecular flexibility index (Phi) is 5.26. The molecule has 3 N–H and O–H groups in total. The van der Waals surface area contributed by atoms with Crippen molar-refractivity contribution in [2.24, 2.45) is 11.7 Å². The van der Waals surface area contributed by atoms with Crippen molar-refractivity contribution in [1.29, 1.82) is 0 Å². The first-order valence-corrected chi connectivity index (χ1v) is 6.67. The Hall–Kier alpha value is -0.570. The summed E-state index contributed by atoms with van der Waals surface area (Å²) in [6.07, 6.45) is 7.54. The van der Waals surface area contributed by atoms with E-state index in [1.165, 1.54) is 19.3 Å². The number of carbonyl (C=O) groups excluding carboxylic acids is 1. The maximum atomic E-state index is 11.8. The van der Waals surface area contributed by atoms with Gasteiger partial charge in [0.1, 0.15) is 0 Å². The quantitative estimate of drug-likeness (QED) is 0.699. The highest BCUT2D eigenvalue weighted by atomic mass is 16.1. The molecule has 0 atom stereocenters. The van der Waals surface area contributed by atoms with Gasteiger partial charge in [0.05, 0.1) is 5.54 Å². The number of nitrogens with one attached hydrogen (secondary N) is 1. The van der Waals surface area contributed by atoms with E-state index < -0.39 is 0 Å². The third-order valence-corrected chi connectivity index (χ3v) is 4.15. The molecule has 1 saturated carbocycles. The van der Waals surface area contributed by atoms with Crippen LogP contribution in [-0.2, 0) is 4.79 Å². The van der Waals surface area contributed by atoms with E-state index in [0.29, 0.717) is 13.0 Å². The van der Waals surface area contributed by atoms with Gasteiger partial charge in [0, 0.05) is 13.0 Å². The molecule has 1 aliphatic carbocycles. The Morgan fingerprint density at radius 2 is 2.00 bits per heavy atom. The topological polar surface area (TPSA) is 55.1 Å². The Labute approximate surface area is 99.2 Å². The van der Waals surface area contributed by atoms with Crippen LogP contribution in [0.25, 0.3) is 0 Å². The second-order valence-electron chi connectivity index (χ2n) is 5.08. The molecule has 16 heavy (non-hydrogen) atoms. The Morgan fingerprint density at radius 1 is 1.38 bits per heavy atom. The molecule has 0 radical (unpaired) electrons. The molecule has 0 aliphatic heterocycles. The van der Waals surface area contributed by atoms with E-state index >= 15 is 0 Å². The SMILES string of the molecule is CCC(CC)(CN)NC(=O)CCC1CCC1. The lowest BCUT2D eigenvalue weighted by molar-refractivity contribution is -0.123. The second kappa shape index (κ2) is 6.24. The Morgan fingerprint density at radius 3 is 2.38 bits per heavy atom. The highest BCUT2D eigenvalue weighted by Crippen LogP contribution is 2.30. The standard InChI is InChI=1S/C13H26N2O/c1-3-13(4-2,10-14)15-12(16)9-8-11-6-5-7-11/h11H,3-10,14H2,1-2H3,(H,15,16). The van der Waals surface area contributed by atoms with Crippen molar-refractivity contribution in [3.8, 4) is 0 Å². The van der Waals surface area contributed by atoms with Gasteiger partial charge >= 0.3 is 0 Å². The predicted octanol–water partition coefficient (Wildman–Crippen LogP) is 2.20. The normalized spacial score (nSPS) is 16.9. The first-order valence-electron chi connectivity index (χ1n) is 6.67. The van der Waals surface area contributed by atoms with Crippen LogP contribution in [0, 0.1) is 5.92 Å². The summed E-state index contributed by atoms with van der Waals surface area (Å²) in [6, 6.07) is 0. The van der Waals surface area contributed by atoms with E-state index in [4.69, 9.17) is 5.73 Å². The van der Waals surface area contributed by atoms with Crippen LogP contribution in [0.15, 0.2) is 0 Å². The maximum Gasteiger partial charge on any atom is 0.220 e. The number of hydrogen-bond donors (Lipinski definition) is 2. The van der Waals surface area contributed by atoms with E-state index in [9.17, 15) is 4.79 Å². The fourth-order valence-electron chi connectivity index (χ4n) is 2.24. The smallest absolute Gasteiger partial charge is 0.220 e. The molecule has 0 saturated heterocycles. The minimum Gasteiger partial charge on any atom is -0.349 e. The molecule has 0 spiro atoms. The molecule has 94 valence electrons. The van der Waals surface area contributed by atoms with Gasteiger partial charge < -0.3 is 11.1 Å². The summed E-state index contributed by atoms with van der Waals surface area (Å²) in [5, 5.41) is 3.12. The predicted molar refractivity (Wildman–Crippen MR) is 67.1 cm³/mol. The number of amides is 1. The molecule has 1 aliphatic rings. The van der Waals surface area contributed by atoms with E-state index in [0.717, 1.165) is 25.2 Å². The van der Waals surface area contributed by atoms with Crippen LogP contribution >= 0.6 is 0 Å². The van der Waals surface area contributed by atoms with Crippen molar-refractivity contribution in [1.82, 2.24) is 5.32 Å². The summed E-state index contributed by atoms with van der Waals surface area (Å²) in [5.74, 6) is 0.988. The minimum atomic E-state index is -0.170. The average molecular weight is 226 g/mol. The zero-order valence-corrected chi connectivity index (χ0v) is 10.7. The molecule has 0 heterocycles. The van der Waals surface area contributed by atoms with Gasteiger partial charge in [-0.15, -0.1) is 0 Å². The van der Waals surface area contributed by atoms with Crippen LogP contribution < -0.4 is 11.1 Å². The fraction of sp³-hybridized carbons (Fsp3) is 0.923. The monoisotopic (exact) mass is 226 g/mol. The summed E-state index contributed by atoms with van der Waals surface area (Å²) >= 11 is 0. The lowest BCUT2D eigenvalue weighted by atomic mass is 9.82. The van der Waals surface area contributed by atoms with Crippen LogP contribution in [0.1, 0.15) is 58.8 Å². The molecule has 0 bridgehead atoms. The summed E-state index contributed by atoms with van der Waals surface area (Å²) in [4.78, 5) is 11.8. The zero-order chi connectivity index (χ0) is 12.0. The molecule has 3 heteroatoms. The van der Waals surface area contributed by atoms with Gasteiger partial charge in [0.25, 0.3) is 0 Å². The molecule has 1 amide bonds. The van der Waals surface area contributed by atoms with Gasteiger partial charge in [-0.05, 0) is 25.2 Å². The van der Waals surface area contributed by atoms with Crippen molar-refractivity contribution in [2.75, 3.05) is 6.54 Å². The van der Waals surface area contributed by atoms with Crippen molar-refractivity contribution in [3.63, 3.8) is 0 Å². The number of hydrogen-bond acceptors (Lipinski definition) is 2. The minimum absolute atomic E-state index is 0.170. The molecular formula is C13H26N2O. The van der Waals surface area contributed by atoms with Gasteiger partial charge in [-0.1, -0.05) is 33.1 Å². The average Bonchev–Trinajstić information content (AvgIpc) is 2.24. The third kappa shape index (κ3) is 3.48. The molecule has 0 aromatic heterocycles. The highest BCUT2D eigenvalue weighted by molar-refractivity contribution is 5.76. The molecule has 0 aromatic carbocycles. The van der Waals surface area contributed by atoms with Crippen LogP contribution in [0.5, 0.6) is 0 Å². The van der Waals surface area contributed by atoms with Crippen LogP contribution in [-0.4, -0.2) is 18.0 Å². The van der Waals surface area contributed by atoms with E-state index in [1.54, 1.807) is 0 Å². The number of carbonyl (C=O) groups is 1. The number of nitrogens with two attached hydrogens (primary N) is 1. The lowest BCUT2D eigenvalue weighted by Gasteiger charge is -2.32. The van der Waals surface area contributed by atoms with Crippen molar-refractivity contribution in [3.05, 3.63) is 0 Å². The first-order chi connectivity index (χ1) is 7.65. The van der Waals surface area contributed by atoms with Crippen molar-refractivity contribution in [2.45, 2.75) is 64.3 Å². The second-order valence-corrected chi connectivity index (χ2v) is 5.08. The zero-order valence-electron chi connectivity index (χ0n) is 10.7. The summed E-state index contributed by atoms with van der Waals surface area (Å²) in [5.41, 5.74) is 5.59. The van der Waals surface area contributed by atoms with Crippen LogP contribution in [0.2, 0.25) is 0 Å². The van der Waals surface area contributed by atoms with Gasteiger partial charge in [-0.25, -0.2) is 0 Å². The van der Waals surface area contributed by atoms with E-state index in [-0.39, 0.29) is 11.4 Å². The van der Waals surface area contributed by atoms with E-state index in [2.05, 4.69) is 19.2 Å². The Bertz CT molecular complexity index is 212. The molecular weight excluding hydrogens is 200 g/mol. The fourth-order valence-corrected chi connectivity index (χ4v) is 2.24. The van der Waals surface area contributed by atoms with Crippen LogP contribution in [0.4, 0.5) is 0 Å². The van der Waals surface area contributed by atoms with Crippen molar-refractivity contribution >= 4 is 5.91 Å². The largest absolute Gasteiger partial charge is 0.349 e. The van der Waals surface area contributed by atoms with Gasteiger partial charge in [-0.3, -0.25) is 4.79 Å². The van der Waals surface area contributed by atoms with Crippen molar-refractivity contribution < 1.29 is 4.79 Å². The van der Waals surface area contributed by atoms with Gasteiger partial charge in [0.15, 0.2) is 0 Å². The Balaban J connectivity index is 2.29. The summed E-state index contributed by atoms with van der Waals surface area (Å²) < 4.78 is 0. The van der Waals surface area contributed by atoms with E-state index in [1.807, 2.05) is 0 Å². The molecule has 3 nitrogen and oxygen atoms in total. The third-order valence-electron chi connectivity index (χ3n) is 4.15.